The Balaban J connectivity index is 1.98. The summed E-state index contributed by atoms with van der Waals surface area (Å²) in [4.78, 5) is 8.48. The fourth-order valence-electron chi connectivity index (χ4n) is 1.66. The molecule has 0 aliphatic rings. The monoisotopic (exact) mass is 318 g/mol. The van der Waals surface area contributed by atoms with Gasteiger partial charge < -0.3 is 4.74 Å². The molecule has 1 aromatic heterocycles. The predicted molar refractivity (Wildman–Crippen MR) is 73.7 cm³/mol. The third-order valence-corrected chi connectivity index (χ3v) is 3.03. The van der Waals surface area contributed by atoms with Crippen molar-refractivity contribution in [1.82, 2.24) is 9.97 Å². The number of nitrogens with zero attached hydrogens (tertiary/aromatic N) is 2. The van der Waals surface area contributed by atoms with E-state index in [4.69, 9.17) is 4.74 Å². The van der Waals surface area contributed by atoms with Crippen LogP contribution in [0.1, 0.15) is 0 Å². The van der Waals surface area contributed by atoms with Gasteiger partial charge in [-0.2, -0.15) is 0 Å². The minimum atomic E-state index is -0.446. The Kier molecular flexibility index (Phi) is 3.13. The molecule has 0 saturated heterocycles. The molecule has 3 rings (SSSR count). The molecule has 0 aliphatic heterocycles. The van der Waals surface area contributed by atoms with Crippen molar-refractivity contribution in [3.63, 3.8) is 0 Å². The van der Waals surface area contributed by atoms with E-state index in [1.165, 1.54) is 12.3 Å². The zero-order chi connectivity index (χ0) is 13.2. The fourth-order valence-corrected chi connectivity index (χ4v) is 2.00. The second-order valence-electron chi connectivity index (χ2n) is 3.87. The topological polar surface area (TPSA) is 35.0 Å². The summed E-state index contributed by atoms with van der Waals surface area (Å²) >= 11 is 3.27. The molecule has 0 radical (unpaired) electrons. The lowest BCUT2D eigenvalue weighted by Crippen LogP contribution is -1.93. The van der Waals surface area contributed by atoms with Crippen molar-refractivity contribution in [1.29, 1.82) is 0 Å². The van der Waals surface area contributed by atoms with Crippen LogP contribution in [0.3, 0.4) is 0 Å². The Morgan fingerprint density at radius 3 is 2.68 bits per heavy atom. The maximum Gasteiger partial charge on any atom is 0.238 e. The lowest BCUT2D eigenvalue weighted by Gasteiger charge is -2.06. The van der Waals surface area contributed by atoms with Crippen LogP contribution in [0.5, 0.6) is 11.6 Å². The normalized spacial score (nSPS) is 10.6. The van der Waals surface area contributed by atoms with Crippen LogP contribution >= 0.6 is 15.9 Å². The maximum absolute atomic E-state index is 13.6. The van der Waals surface area contributed by atoms with Crippen molar-refractivity contribution < 1.29 is 9.13 Å². The van der Waals surface area contributed by atoms with Crippen molar-refractivity contribution >= 4 is 27.0 Å². The Morgan fingerprint density at radius 1 is 1.05 bits per heavy atom. The highest BCUT2D eigenvalue weighted by molar-refractivity contribution is 9.10. The summed E-state index contributed by atoms with van der Waals surface area (Å²) in [7, 11) is 0. The summed E-state index contributed by atoms with van der Waals surface area (Å²) in [6.45, 7) is 0. The molecule has 0 atom stereocenters. The Labute approximate surface area is 117 Å². The smallest absolute Gasteiger partial charge is 0.238 e. The third-order valence-electron chi connectivity index (χ3n) is 2.53. The second-order valence-corrected chi connectivity index (χ2v) is 4.79. The van der Waals surface area contributed by atoms with Gasteiger partial charge in [-0.3, -0.25) is 0 Å². The highest BCUT2D eigenvalue weighted by Gasteiger charge is 2.07. The third kappa shape index (κ3) is 2.56. The van der Waals surface area contributed by atoms with Gasteiger partial charge in [-0.15, -0.1) is 0 Å². The fraction of sp³-hybridized carbons (Fsp3) is 0. The van der Waals surface area contributed by atoms with Gasteiger partial charge in [0.15, 0.2) is 11.6 Å². The summed E-state index contributed by atoms with van der Waals surface area (Å²) in [5.74, 6) is -0.0761. The summed E-state index contributed by atoms with van der Waals surface area (Å²) in [5.41, 5.74) is 1.47. The van der Waals surface area contributed by atoms with Gasteiger partial charge in [-0.25, -0.2) is 14.4 Å². The van der Waals surface area contributed by atoms with E-state index in [9.17, 15) is 4.39 Å². The molecule has 19 heavy (non-hydrogen) atoms. The standard InChI is InChI=1S/C14H8BrFN2O/c15-9-5-6-10(16)13(7-9)19-14-8-17-11-3-1-2-4-12(11)18-14/h1-8H. The van der Waals surface area contributed by atoms with Crippen LogP contribution in [-0.2, 0) is 0 Å². The van der Waals surface area contributed by atoms with Crippen LogP contribution in [0.2, 0.25) is 0 Å². The van der Waals surface area contributed by atoms with Gasteiger partial charge in [-0.1, -0.05) is 28.1 Å². The molecule has 0 saturated carbocycles. The van der Waals surface area contributed by atoms with E-state index in [0.29, 0.717) is 5.52 Å². The van der Waals surface area contributed by atoms with Crippen molar-refractivity contribution in [2.45, 2.75) is 0 Å². The first-order valence-electron chi connectivity index (χ1n) is 5.57. The molecule has 5 heteroatoms. The lowest BCUT2D eigenvalue weighted by atomic mass is 10.3. The Bertz CT molecular complexity index is 748. The van der Waals surface area contributed by atoms with E-state index < -0.39 is 5.82 Å². The molecule has 3 aromatic rings. The molecule has 2 aromatic carbocycles. The van der Waals surface area contributed by atoms with Crippen LogP contribution in [-0.4, -0.2) is 9.97 Å². The first-order valence-corrected chi connectivity index (χ1v) is 6.36. The summed E-state index contributed by atoms with van der Waals surface area (Å²) < 4.78 is 19.7. The Hall–Kier alpha value is -2.01. The van der Waals surface area contributed by atoms with E-state index >= 15 is 0 Å². The quantitative estimate of drug-likeness (QED) is 0.705. The van der Waals surface area contributed by atoms with Crippen LogP contribution in [0.25, 0.3) is 11.0 Å². The molecule has 94 valence electrons. The van der Waals surface area contributed by atoms with Crippen molar-refractivity contribution in [3.05, 3.63) is 59.0 Å². The van der Waals surface area contributed by atoms with Gasteiger partial charge in [-0.05, 0) is 30.3 Å². The molecule has 1 heterocycles. The number of hydrogen-bond donors (Lipinski definition) is 0. The van der Waals surface area contributed by atoms with E-state index in [-0.39, 0.29) is 11.6 Å². The van der Waals surface area contributed by atoms with E-state index in [1.807, 2.05) is 24.3 Å². The molecule has 0 bridgehead atoms. The molecule has 3 nitrogen and oxygen atoms in total. The minimum absolute atomic E-state index is 0.110. The number of aromatic nitrogens is 2. The van der Waals surface area contributed by atoms with Gasteiger partial charge in [0.25, 0.3) is 0 Å². The van der Waals surface area contributed by atoms with Crippen molar-refractivity contribution in [2.75, 3.05) is 0 Å². The van der Waals surface area contributed by atoms with E-state index in [2.05, 4.69) is 25.9 Å². The highest BCUT2D eigenvalue weighted by Crippen LogP contribution is 2.26. The zero-order valence-electron chi connectivity index (χ0n) is 9.68. The van der Waals surface area contributed by atoms with Crippen LogP contribution in [0, 0.1) is 5.82 Å². The number of hydrogen-bond acceptors (Lipinski definition) is 3. The first kappa shape index (κ1) is 12.0. The minimum Gasteiger partial charge on any atom is -0.434 e. The number of benzene rings is 2. The second kappa shape index (κ2) is 4.93. The molecule has 0 N–H and O–H groups in total. The number of rotatable bonds is 2. The highest BCUT2D eigenvalue weighted by atomic mass is 79.9. The molecule has 0 unspecified atom stereocenters. The molecular weight excluding hydrogens is 311 g/mol. The van der Waals surface area contributed by atoms with Gasteiger partial charge in [0, 0.05) is 4.47 Å². The molecular formula is C14H8BrFN2O. The number of ether oxygens (including phenoxy) is 1. The molecule has 0 spiro atoms. The predicted octanol–water partition coefficient (Wildman–Crippen LogP) is 4.32. The van der Waals surface area contributed by atoms with Crippen molar-refractivity contribution in [3.8, 4) is 11.6 Å². The molecule has 0 amide bonds. The van der Waals surface area contributed by atoms with Crippen LogP contribution in [0.4, 0.5) is 4.39 Å². The van der Waals surface area contributed by atoms with Gasteiger partial charge in [0.05, 0.1) is 17.2 Å². The van der Waals surface area contributed by atoms with Crippen LogP contribution in [0.15, 0.2) is 53.1 Å². The molecule has 0 aliphatic carbocycles. The van der Waals surface area contributed by atoms with Crippen molar-refractivity contribution in [2.24, 2.45) is 0 Å². The largest absolute Gasteiger partial charge is 0.434 e. The first-order chi connectivity index (χ1) is 9.22. The van der Waals surface area contributed by atoms with Gasteiger partial charge in [0.1, 0.15) is 0 Å². The summed E-state index contributed by atoms with van der Waals surface area (Å²) in [6, 6.07) is 11.9. The average molecular weight is 319 g/mol. The zero-order valence-corrected chi connectivity index (χ0v) is 11.3. The lowest BCUT2D eigenvalue weighted by molar-refractivity contribution is 0.427. The number of para-hydroxylation sites is 2. The maximum atomic E-state index is 13.6. The van der Waals surface area contributed by atoms with Crippen LogP contribution < -0.4 is 4.74 Å². The SMILES string of the molecule is Fc1ccc(Br)cc1Oc1cnc2ccccc2n1. The Morgan fingerprint density at radius 2 is 1.84 bits per heavy atom. The average Bonchev–Trinajstić information content (AvgIpc) is 2.43. The molecule has 0 fully saturated rings. The summed E-state index contributed by atoms with van der Waals surface area (Å²) in [6.07, 6.45) is 1.47. The number of halogens is 2. The number of fused-ring (bicyclic) bond motifs is 1. The van der Waals surface area contributed by atoms with E-state index in [1.54, 1.807) is 12.1 Å². The van der Waals surface area contributed by atoms with E-state index in [0.717, 1.165) is 9.99 Å². The van der Waals surface area contributed by atoms with Gasteiger partial charge >= 0.3 is 0 Å². The van der Waals surface area contributed by atoms with Gasteiger partial charge in [0.2, 0.25) is 5.88 Å². The summed E-state index contributed by atoms with van der Waals surface area (Å²) in [5, 5.41) is 0.